The number of likely N-dealkylation sites (N-methyl/N-ethyl adjacent to an activating group) is 1. The van der Waals surface area contributed by atoms with Crippen LogP contribution in [0, 0.1) is 0 Å². The Labute approximate surface area is 86.6 Å². The van der Waals surface area contributed by atoms with Crippen LogP contribution >= 0.6 is 0 Å². The van der Waals surface area contributed by atoms with Crippen LogP contribution in [0.25, 0.3) is 0 Å². The Morgan fingerprint density at radius 2 is 2.07 bits per heavy atom. The number of ether oxygens (including phenoxy) is 1. The van der Waals surface area contributed by atoms with Gasteiger partial charge in [0.15, 0.2) is 0 Å². The maximum atomic E-state index is 11.2. The second-order valence-corrected chi connectivity index (χ2v) is 3.21. The fraction of sp³-hybridized carbons (Fsp3) is 0.900. The molecule has 84 valence electrons. The van der Waals surface area contributed by atoms with Crippen molar-refractivity contribution >= 4 is 5.91 Å². The molecule has 0 radical (unpaired) electrons. The fourth-order valence-corrected chi connectivity index (χ4v) is 0.892. The molecule has 0 heterocycles. The zero-order chi connectivity index (χ0) is 10.8. The van der Waals surface area contributed by atoms with Crippen LogP contribution in [-0.2, 0) is 9.53 Å². The topological polar surface area (TPSA) is 41.6 Å². The van der Waals surface area contributed by atoms with Crippen molar-refractivity contribution in [3.05, 3.63) is 0 Å². The van der Waals surface area contributed by atoms with E-state index in [2.05, 4.69) is 12.2 Å². The van der Waals surface area contributed by atoms with Crippen molar-refractivity contribution in [1.82, 2.24) is 10.2 Å². The second-order valence-electron chi connectivity index (χ2n) is 3.21. The van der Waals surface area contributed by atoms with Crippen LogP contribution in [-0.4, -0.2) is 50.7 Å². The number of carbonyl (C=O) groups excluding carboxylic acids is 1. The van der Waals surface area contributed by atoms with Crippen molar-refractivity contribution in [2.75, 3.05) is 39.9 Å². The molecule has 0 aromatic carbocycles. The Balaban J connectivity index is 3.23. The summed E-state index contributed by atoms with van der Waals surface area (Å²) < 4.78 is 5.21. The summed E-state index contributed by atoms with van der Waals surface area (Å²) in [5.74, 6) is 0.0444. The standard InChI is InChI=1S/C10H22N2O2/c1-4-6-11-7-8-14-9-10(13)12(3)5-2/h11H,4-9H2,1-3H3. The highest BCUT2D eigenvalue weighted by Gasteiger charge is 2.05. The first-order chi connectivity index (χ1) is 6.72. The zero-order valence-electron chi connectivity index (χ0n) is 9.51. The summed E-state index contributed by atoms with van der Waals surface area (Å²) in [5.41, 5.74) is 0. The Hall–Kier alpha value is -0.610. The van der Waals surface area contributed by atoms with Gasteiger partial charge in [-0.1, -0.05) is 6.92 Å². The lowest BCUT2D eigenvalue weighted by molar-refractivity contribution is -0.134. The van der Waals surface area contributed by atoms with Crippen LogP contribution < -0.4 is 5.32 Å². The minimum atomic E-state index is 0.0444. The van der Waals surface area contributed by atoms with Crippen molar-refractivity contribution in [3.8, 4) is 0 Å². The van der Waals surface area contributed by atoms with E-state index in [1.165, 1.54) is 0 Å². The third kappa shape index (κ3) is 6.86. The molecule has 0 atom stereocenters. The largest absolute Gasteiger partial charge is 0.370 e. The number of rotatable bonds is 8. The Bertz CT molecular complexity index is 151. The van der Waals surface area contributed by atoms with Gasteiger partial charge in [0, 0.05) is 20.1 Å². The average Bonchev–Trinajstić information content (AvgIpc) is 2.21. The first-order valence-corrected chi connectivity index (χ1v) is 5.24. The van der Waals surface area contributed by atoms with E-state index in [-0.39, 0.29) is 12.5 Å². The minimum Gasteiger partial charge on any atom is -0.370 e. The normalized spacial score (nSPS) is 10.2. The Morgan fingerprint density at radius 1 is 1.36 bits per heavy atom. The molecule has 0 aliphatic carbocycles. The minimum absolute atomic E-state index is 0.0444. The summed E-state index contributed by atoms with van der Waals surface area (Å²) in [6, 6.07) is 0. The van der Waals surface area contributed by atoms with Gasteiger partial charge >= 0.3 is 0 Å². The molecule has 0 rings (SSSR count). The van der Waals surface area contributed by atoms with E-state index in [9.17, 15) is 4.79 Å². The van der Waals surface area contributed by atoms with Gasteiger partial charge in [0.2, 0.25) is 5.91 Å². The van der Waals surface area contributed by atoms with Crippen molar-refractivity contribution in [2.24, 2.45) is 0 Å². The molecule has 0 saturated heterocycles. The molecule has 14 heavy (non-hydrogen) atoms. The third-order valence-electron chi connectivity index (χ3n) is 1.98. The smallest absolute Gasteiger partial charge is 0.248 e. The second kappa shape index (κ2) is 8.97. The molecular formula is C10H22N2O2. The zero-order valence-corrected chi connectivity index (χ0v) is 9.51. The summed E-state index contributed by atoms with van der Waals surface area (Å²) in [4.78, 5) is 12.9. The fourth-order valence-electron chi connectivity index (χ4n) is 0.892. The van der Waals surface area contributed by atoms with Gasteiger partial charge in [0.1, 0.15) is 6.61 Å². The molecule has 4 nitrogen and oxygen atoms in total. The van der Waals surface area contributed by atoms with Crippen molar-refractivity contribution in [3.63, 3.8) is 0 Å². The van der Waals surface area contributed by atoms with E-state index in [4.69, 9.17) is 4.74 Å². The number of amides is 1. The number of nitrogens with one attached hydrogen (secondary N) is 1. The predicted octanol–water partition coefficient (Wildman–Crippen LogP) is 0.481. The summed E-state index contributed by atoms with van der Waals surface area (Å²) >= 11 is 0. The Kier molecular flexibility index (Phi) is 8.57. The lowest BCUT2D eigenvalue weighted by Gasteiger charge is -2.14. The van der Waals surface area contributed by atoms with Crippen LogP contribution in [0.3, 0.4) is 0 Å². The quantitative estimate of drug-likeness (QED) is 0.582. The van der Waals surface area contributed by atoms with Crippen molar-refractivity contribution < 1.29 is 9.53 Å². The summed E-state index contributed by atoms with van der Waals surface area (Å²) in [7, 11) is 1.78. The highest BCUT2D eigenvalue weighted by Crippen LogP contribution is 1.85. The van der Waals surface area contributed by atoms with Gasteiger partial charge in [-0.25, -0.2) is 0 Å². The third-order valence-corrected chi connectivity index (χ3v) is 1.98. The van der Waals surface area contributed by atoms with E-state index in [1.807, 2.05) is 6.92 Å². The molecule has 0 aliphatic heterocycles. The lowest BCUT2D eigenvalue weighted by Crippen LogP contribution is -2.31. The van der Waals surface area contributed by atoms with E-state index in [0.717, 1.165) is 26.1 Å². The molecule has 1 N–H and O–H groups in total. The maximum absolute atomic E-state index is 11.2. The molecule has 4 heteroatoms. The number of hydrogen-bond acceptors (Lipinski definition) is 3. The SMILES string of the molecule is CCCNCCOCC(=O)N(C)CC. The molecule has 0 aromatic heterocycles. The summed E-state index contributed by atoms with van der Waals surface area (Å²) in [6.07, 6.45) is 1.12. The van der Waals surface area contributed by atoms with E-state index in [1.54, 1.807) is 11.9 Å². The van der Waals surface area contributed by atoms with Crippen LogP contribution in [0.1, 0.15) is 20.3 Å². The van der Waals surface area contributed by atoms with Gasteiger partial charge < -0.3 is 15.0 Å². The average molecular weight is 202 g/mol. The molecule has 0 saturated carbocycles. The first kappa shape index (κ1) is 13.4. The van der Waals surface area contributed by atoms with Crippen molar-refractivity contribution in [2.45, 2.75) is 20.3 Å². The number of nitrogens with zero attached hydrogens (tertiary/aromatic N) is 1. The summed E-state index contributed by atoms with van der Waals surface area (Å²) in [6.45, 7) is 7.41. The van der Waals surface area contributed by atoms with Gasteiger partial charge in [-0.05, 0) is 19.9 Å². The van der Waals surface area contributed by atoms with Gasteiger partial charge in [0.25, 0.3) is 0 Å². The van der Waals surface area contributed by atoms with Gasteiger partial charge in [0.05, 0.1) is 6.61 Å². The monoisotopic (exact) mass is 202 g/mol. The molecule has 0 spiro atoms. The van der Waals surface area contributed by atoms with E-state index >= 15 is 0 Å². The predicted molar refractivity (Wildman–Crippen MR) is 57.3 cm³/mol. The van der Waals surface area contributed by atoms with E-state index in [0.29, 0.717) is 6.61 Å². The molecule has 0 aliphatic rings. The van der Waals surface area contributed by atoms with Crippen molar-refractivity contribution in [1.29, 1.82) is 0 Å². The molecule has 0 fully saturated rings. The van der Waals surface area contributed by atoms with Crippen LogP contribution in [0.5, 0.6) is 0 Å². The Morgan fingerprint density at radius 3 is 2.64 bits per heavy atom. The molecular weight excluding hydrogens is 180 g/mol. The van der Waals surface area contributed by atoms with Crippen LogP contribution in [0.4, 0.5) is 0 Å². The van der Waals surface area contributed by atoms with E-state index < -0.39 is 0 Å². The number of carbonyl (C=O) groups is 1. The van der Waals surface area contributed by atoms with Gasteiger partial charge in [-0.2, -0.15) is 0 Å². The van der Waals surface area contributed by atoms with Crippen LogP contribution in [0.15, 0.2) is 0 Å². The highest BCUT2D eigenvalue weighted by molar-refractivity contribution is 5.77. The molecule has 1 amide bonds. The molecule has 0 aromatic rings. The summed E-state index contributed by atoms with van der Waals surface area (Å²) in [5, 5.41) is 3.20. The van der Waals surface area contributed by atoms with Gasteiger partial charge in [-0.3, -0.25) is 4.79 Å². The lowest BCUT2D eigenvalue weighted by atomic mass is 10.5. The molecule has 0 bridgehead atoms. The number of hydrogen-bond donors (Lipinski definition) is 1. The molecule has 0 unspecified atom stereocenters. The van der Waals surface area contributed by atoms with Crippen LogP contribution in [0.2, 0.25) is 0 Å². The maximum Gasteiger partial charge on any atom is 0.248 e. The first-order valence-electron chi connectivity index (χ1n) is 5.24. The highest BCUT2D eigenvalue weighted by atomic mass is 16.5. The van der Waals surface area contributed by atoms with Gasteiger partial charge in [-0.15, -0.1) is 0 Å².